The molecule has 1 aromatic heterocycles. The summed E-state index contributed by atoms with van der Waals surface area (Å²) in [7, 11) is 0. The topological polar surface area (TPSA) is 42.7 Å². The van der Waals surface area contributed by atoms with Gasteiger partial charge in [-0.1, -0.05) is 33.1 Å². The standard InChI is InChI=1S/C16H30N4/c1-4-11-17-14(16(3)9-7-6-8-10-16)12-15-18-13-19-20(15)5-2/h13-14,17H,4-12H2,1-3H3. The lowest BCUT2D eigenvalue weighted by Gasteiger charge is -2.41. The van der Waals surface area contributed by atoms with Gasteiger partial charge >= 0.3 is 0 Å². The number of rotatable bonds is 7. The first-order chi connectivity index (χ1) is 9.69. The summed E-state index contributed by atoms with van der Waals surface area (Å²) < 4.78 is 2.03. The maximum Gasteiger partial charge on any atom is 0.138 e. The van der Waals surface area contributed by atoms with Crippen molar-refractivity contribution >= 4 is 0 Å². The van der Waals surface area contributed by atoms with Crippen molar-refractivity contribution in [3.05, 3.63) is 12.2 Å². The van der Waals surface area contributed by atoms with E-state index in [0.717, 1.165) is 25.3 Å². The van der Waals surface area contributed by atoms with Gasteiger partial charge in [0.05, 0.1) is 0 Å². The molecule has 1 heterocycles. The van der Waals surface area contributed by atoms with Crippen LogP contribution < -0.4 is 5.32 Å². The minimum absolute atomic E-state index is 0.415. The van der Waals surface area contributed by atoms with Gasteiger partial charge in [0.25, 0.3) is 0 Å². The van der Waals surface area contributed by atoms with Crippen molar-refractivity contribution in [3.8, 4) is 0 Å². The van der Waals surface area contributed by atoms with Crippen molar-refractivity contribution in [2.75, 3.05) is 6.54 Å². The normalized spacial score (nSPS) is 19.9. The van der Waals surface area contributed by atoms with E-state index in [1.54, 1.807) is 6.33 Å². The van der Waals surface area contributed by atoms with E-state index in [1.165, 1.54) is 38.5 Å². The second-order valence-corrected chi connectivity index (χ2v) is 6.42. The molecule has 1 fully saturated rings. The number of hydrogen-bond donors (Lipinski definition) is 1. The molecule has 0 saturated heterocycles. The zero-order valence-electron chi connectivity index (χ0n) is 13.4. The van der Waals surface area contributed by atoms with Crippen LogP contribution in [0.3, 0.4) is 0 Å². The van der Waals surface area contributed by atoms with Gasteiger partial charge in [-0.05, 0) is 38.1 Å². The van der Waals surface area contributed by atoms with Crippen molar-refractivity contribution in [1.29, 1.82) is 0 Å². The molecule has 1 aliphatic rings. The van der Waals surface area contributed by atoms with E-state index in [-0.39, 0.29) is 0 Å². The monoisotopic (exact) mass is 278 g/mol. The molecule has 114 valence electrons. The Morgan fingerprint density at radius 1 is 1.30 bits per heavy atom. The van der Waals surface area contributed by atoms with Crippen LogP contribution in [0.2, 0.25) is 0 Å². The predicted octanol–water partition coefficient (Wildman–Crippen LogP) is 3.18. The Bertz CT molecular complexity index is 393. The third kappa shape index (κ3) is 3.60. The lowest BCUT2D eigenvalue weighted by Crippen LogP contribution is -2.47. The van der Waals surface area contributed by atoms with Crippen LogP contribution in [0.25, 0.3) is 0 Å². The van der Waals surface area contributed by atoms with Crippen LogP contribution in [0.15, 0.2) is 6.33 Å². The summed E-state index contributed by atoms with van der Waals surface area (Å²) in [5.74, 6) is 1.13. The van der Waals surface area contributed by atoms with E-state index in [2.05, 4.69) is 36.2 Å². The molecule has 1 aliphatic carbocycles. The van der Waals surface area contributed by atoms with Gasteiger partial charge in [0.1, 0.15) is 12.2 Å². The van der Waals surface area contributed by atoms with E-state index in [0.29, 0.717) is 11.5 Å². The number of aromatic nitrogens is 3. The molecule has 1 unspecified atom stereocenters. The van der Waals surface area contributed by atoms with Crippen molar-refractivity contribution in [1.82, 2.24) is 20.1 Å². The highest BCUT2D eigenvalue weighted by molar-refractivity contribution is 4.98. The van der Waals surface area contributed by atoms with Crippen molar-refractivity contribution in [2.24, 2.45) is 5.41 Å². The average Bonchev–Trinajstić information content (AvgIpc) is 2.91. The van der Waals surface area contributed by atoms with Gasteiger partial charge in [0.2, 0.25) is 0 Å². The number of nitrogens with zero attached hydrogens (tertiary/aromatic N) is 3. The van der Waals surface area contributed by atoms with Crippen LogP contribution in [0.4, 0.5) is 0 Å². The maximum absolute atomic E-state index is 4.47. The molecule has 1 N–H and O–H groups in total. The first-order valence-electron chi connectivity index (χ1n) is 8.29. The largest absolute Gasteiger partial charge is 0.313 e. The fourth-order valence-electron chi connectivity index (χ4n) is 3.48. The third-order valence-electron chi connectivity index (χ3n) is 4.86. The highest BCUT2D eigenvalue weighted by atomic mass is 15.3. The summed E-state index contributed by atoms with van der Waals surface area (Å²) in [6.07, 6.45) is 10.7. The predicted molar refractivity (Wildman–Crippen MR) is 82.7 cm³/mol. The second-order valence-electron chi connectivity index (χ2n) is 6.42. The van der Waals surface area contributed by atoms with E-state index in [1.807, 2.05) is 4.68 Å². The van der Waals surface area contributed by atoms with Crippen molar-refractivity contribution < 1.29 is 0 Å². The Kier molecular flexibility index (Phi) is 5.58. The maximum atomic E-state index is 4.47. The molecular formula is C16H30N4. The molecule has 0 aromatic carbocycles. The molecule has 1 atom stereocenters. The first-order valence-corrected chi connectivity index (χ1v) is 8.29. The number of aryl methyl sites for hydroxylation is 1. The van der Waals surface area contributed by atoms with E-state index >= 15 is 0 Å². The Morgan fingerprint density at radius 3 is 2.70 bits per heavy atom. The Balaban J connectivity index is 2.10. The van der Waals surface area contributed by atoms with Gasteiger partial charge in [-0.15, -0.1) is 0 Å². The summed E-state index contributed by atoms with van der Waals surface area (Å²) in [6.45, 7) is 8.84. The molecule has 0 aliphatic heterocycles. The zero-order valence-corrected chi connectivity index (χ0v) is 13.4. The van der Waals surface area contributed by atoms with Crippen molar-refractivity contribution in [2.45, 2.75) is 78.3 Å². The van der Waals surface area contributed by atoms with Crippen LogP contribution in [-0.4, -0.2) is 27.4 Å². The molecule has 4 nitrogen and oxygen atoms in total. The van der Waals surface area contributed by atoms with Crippen LogP contribution in [0.1, 0.15) is 65.1 Å². The molecule has 1 aromatic rings. The highest BCUT2D eigenvalue weighted by Crippen LogP contribution is 2.39. The molecule has 0 spiro atoms. The van der Waals surface area contributed by atoms with Gasteiger partial charge < -0.3 is 5.32 Å². The van der Waals surface area contributed by atoms with E-state index in [9.17, 15) is 0 Å². The quantitative estimate of drug-likeness (QED) is 0.833. The lowest BCUT2D eigenvalue weighted by atomic mass is 9.69. The SMILES string of the molecule is CCCNC(Cc1ncnn1CC)C1(C)CCCCC1. The summed E-state index contributed by atoms with van der Waals surface area (Å²) in [5.41, 5.74) is 0.415. The van der Waals surface area contributed by atoms with Crippen LogP contribution >= 0.6 is 0 Å². The number of hydrogen-bond acceptors (Lipinski definition) is 3. The van der Waals surface area contributed by atoms with Gasteiger partial charge in [-0.3, -0.25) is 4.68 Å². The Morgan fingerprint density at radius 2 is 2.05 bits per heavy atom. The van der Waals surface area contributed by atoms with Crippen LogP contribution in [0, 0.1) is 5.41 Å². The summed E-state index contributed by atoms with van der Waals surface area (Å²) >= 11 is 0. The smallest absolute Gasteiger partial charge is 0.138 e. The fourth-order valence-corrected chi connectivity index (χ4v) is 3.48. The molecule has 0 amide bonds. The Hall–Kier alpha value is -0.900. The molecule has 2 rings (SSSR count). The molecule has 0 radical (unpaired) electrons. The first kappa shape index (κ1) is 15.5. The molecule has 20 heavy (non-hydrogen) atoms. The fraction of sp³-hybridized carbons (Fsp3) is 0.875. The highest BCUT2D eigenvalue weighted by Gasteiger charge is 2.35. The number of nitrogens with one attached hydrogen (secondary N) is 1. The van der Waals surface area contributed by atoms with Gasteiger partial charge in [0.15, 0.2) is 0 Å². The van der Waals surface area contributed by atoms with E-state index in [4.69, 9.17) is 0 Å². The molecule has 4 heteroatoms. The summed E-state index contributed by atoms with van der Waals surface area (Å²) in [4.78, 5) is 4.47. The van der Waals surface area contributed by atoms with Gasteiger partial charge in [0, 0.05) is 19.0 Å². The second kappa shape index (κ2) is 7.21. The van der Waals surface area contributed by atoms with E-state index < -0.39 is 0 Å². The zero-order chi connectivity index (χ0) is 14.4. The third-order valence-corrected chi connectivity index (χ3v) is 4.86. The molecular weight excluding hydrogens is 248 g/mol. The Labute approximate surface area is 123 Å². The summed E-state index contributed by atoms with van der Waals surface area (Å²) in [5, 5.41) is 8.10. The molecule has 0 bridgehead atoms. The minimum Gasteiger partial charge on any atom is -0.313 e. The van der Waals surface area contributed by atoms with Crippen LogP contribution in [0.5, 0.6) is 0 Å². The van der Waals surface area contributed by atoms with Gasteiger partial charge in [-0.25, -0.2) is 4.98 Å². The molecule has 1 saturated carbocycles. The lowest BCUT2D eigenvalue weighted by molar-refractivity contribution is 0.141. The minimum atomic E-state index is 0.415. The van der Waals surface area contributed by atoms with Crippen LogP contribution in [-0.2, 0) is 13.0 Å². The van der Waals surface area contributed by atoms with Gasteiger partial charge in [-0.2, -0.15) is 5.10 Å². The average molecular weight is 278 g/mol. The van der Waals surface area contributed by atoms with Crippen molar-refractivity contribution in [3.63, 3.8) is 0 Å². The summed E-state index contributed by atoms with van der Waals surface area (Å²) in [6, 6.07) is 0.525.